The van der Waals surface area contributed by atoms with Crippen LogP contribution in [0.25, 0.3) is 0 Å². The van der Waals surface area contributed by atoms with Gasteiger partial charge in [0.05, 0.1) is 19.5 Å². The van der Waals surface area contributed by atoms with Crippen molar-refractivity contribution < 1.29 is 13.2 Å². The molecule has 0 aromatic rings. The van der Waals surface area contributed by atoms with Crippen LogP contribution in [0.2, 0.25) is 0 Å². The average Bonchev–Trinajstić information content (AvgIpc) is 2.61. The highest BCUT2D eigenvalue weighted by atomic mass is 32.2. The van der Waals surface area contributed by atoms with Crippen LogP contribution in [-0.4, -0.2) is 92.8 Å². The summed E-state index contributed by atoms with van der Waals surface area (Å²) in [6, 6.07) is 0.845. The van der Waals surface area contributed by atoms with Crippen LogP contribution in [0.4, 0.5) is 0 Å². The summed E-state index contributed by atoms with van der Waals surface area (Å²) in [7, 11) is -3.18. The first-order valence-electron chi connectivity index (χ1n) is 9.94. The van der Waals surface area contributed by atoms with Crippen molar-refractivity contribution in [1.29, 1.82) is 0 Å². The molecular weight excluding hydrogens is 338 g/mol. The van der Waals surface area contributed by atoms with Gasteiger partial charge in [-0.15, -0.1) is 0 Å². The molecule has 2 heterocycles. The summed E-state index contributed by atoms with van der Waals surface area (Å²) in [5.74, 6) is 0. The summed E-state index contributed by atoms with van der Waals surface area (Å²) in [5.41, 5.74) is 0. The fourth-order valence-electron chi connectivity index (χ4n) is 4.61. The Morgan fingerprint density at radius 3 is 2.36 bits per heavy atom. The topological polar surface area (TPSA) is 53.1 Å². The van der Waals surface area contributed by atoms with Crippen LogP contribution in [0.3, 0.4) is 0 Å². The monoisotopic (exact) mass is 375 g/mol. The Balaban J connectivity index is 2.21. The Morgan fingerprint density at radius 2 is 1.84 bits per heavy atom. The van der Waals surface area contributed by atoms with Crippen LogP contribution in [-0.2, 0) is 14.8 Å². The van der Waals surface area contributed by atoms with E-state index in [4.69, 9.17) is 4.74 Å². The highest BCUT2D eigenvalue weighted by molar-refractivity contribution is 7.88. The molecule has 0 aliphatic carbocycles. The van der Waals surface area contributed by atoms with Crippen LogP contribution in [0.15, 0.2) is 0 Å². The molecule has 2 aliphatic heterocycles. The Hall–Kier alpha value is -0.210. The van der Waals surface area contributed by atoms with Gasteiger partial charge in [0.2, 0.25) is 10.0 Å². The van der Waals surface area contributed by atoms with E-state index in [9.17, 15) is 8.42 Å². The van der Waals surface area contributed by atoms with E-state index in [0.717, 1.165) is 65.1 Å². The van der Waals surface area contributed by atoms with Gasteiger partial charge in [0, 0.05) is 37.8 Å². The molecule has 0 radical (unpaired) electrons. The molecule has 6 nitrogen and oxygen atoms in total. The first-order chi connectivity index (χ1) is 11.9. The van der Waals surface area contributed by atoms with E-state index >= 15 is 0 Å². The zero-order chi connectivity index (χ0) is 18.4. The van der Waals surface area contributed by atoms with Crippen LogP contribution >= 0.6 is 0 Å². The van der Waals surface area contributed by atoms with Crippen molar-refractivity contribution in [2.75, 3.05) is 52.2 Å². The molecule has 0 aromatic heterocycles. The molecule has 3 atom stereocenters. The minimum atomic E-state index is -3.18. The molecule has 7 heteroatoms. The van der Waals surface area contributed by atoms with Gasteiger partial charge in [-0.05, 0) is 38.8 Å². The third-order valence-corrected chi connectivity index (χ3v) is 7.11. The zero-order valence-corrected chi connectivity index (χ0v) is 17.3. The van der Waals surface area contributed by atoms with Gasteiger partial charge >= 0.3 is 0 Å². The van der Waals surface area contributed by atoms with Gasteiger partial charge < -0.3 is 4.74 Å². The van der Waals surface area contributed by atoms with E-state index in [1.54, 1.807) is 4.31 Å². The van der Waals surface area contributed by atoms with Gasteiger partial charge in [-0.2, -0.15) is 4.31 Å². The van der Waals surface area contributed by atoms with Gasteiger partial charge in [0.25, 0.3) is 0 Å². The molecule has 2 saturated heterocycles. The van der Waals surface area contributed by atoms with Crippen molar-refractivity contribution in [2.24, 2.45) is 0 Å². The second kappa shape index (κ2) is 9.65. The minimum Gasteiger partial charge on any atom is -0.379 e. The predicted molar refractivity (Wildman–Crippen MR) is 102 cm³/mol. The molecule has 0 saturated carbocycles. The molecule has 3 unspecified atom stereocenters. The molecule has 148 valence electrons. The van der Waals surface area contributed by atoms with Gasteiger partial charge in [-0.3, -0.25) is 9.80 Å². The maximum Gasteiger partial charge on any atom is 0.211 e. The summed E-state index contributed by atoms with van der Waals surface area (Å²) >= 11 is 0. The summed E-state index contributed by atoms with van der Waals surface area (Å²) in [6.45, 7) is 12.8. The van der Waals surface area contributed by atoms with Crippen molar-refractivity contribution in [1.82, 2.24) is 14.1 Å². The molecule has 25 heavy (non-hydrogen) atoms. The second-order valence-electron chi connectivity index (χ2n) is 7.37. The van der Waals surface area contributed by atoms with Crippen molar-refractivity contribution in [2.45, 2.75) is 64.6 Å². The van der Waals surface area contributed by atoms with E-state index in [0.29, 0.717) is 18.6 Å². The SMILES string of the molecule is CCCN(CC)C(CC)C1CC(N2CCOCC2)CCN1S(C)(=O)=O. The van der Waals surface area contributed by atoms with Crippen molar-refractivity contribution in [3.63, 3.8) is 0 Å². The molecule has 0 amide bonds. The lowest BCUT2D eigenvalue weighted by atomic mass is 9.90. The van der Waals surface area contributed by atoms with Gasteiger partial charge in [-0.25, -0.2) is 8.42 Å². The smallest absolute Gasteiger partial charge is 0.211 e. The minimum absolute atomic E-state index is 0.0769. The van der Waals surface area contributed by atoms with E-state index in [-0.39, 0.29) is 6.04 Å². The number of morpholine rings is 1. The van der Waals surface area contributed by atoms with E-state index in [2.05, 4.69) is 30.6 Å². The molecule has 0 spiro atoms. The van der Waals surface area contributed by atoms with E-state index < -0.39 is 10.0 Å². The highest BCUT2D eigenvalue weighted by Gasteiger charge is 2.41. The van der Waals surface area contributed by atoms with Crippen LogP contribution in [0.5, 0.6) is 0 Å². The maximum atomic E-state index is 12.4. The maximum absolute atomic E-state index is 12.4. The summed E-state index contributed by atoms with van der Waals surface area (Å²) in [6.07, 6.45) is 5.33. The summed E-state index contributed by atoms with van der Waals surface area (Å²) in [5, 5.41) is 0. The fourth-order valence-corrected chi connectivity index (χ4v) is 5.77. The molecule has 0 bridgehead atoms. The first-order valence-corrected chi connectivity index (χ1v) is 11.8. The Labute approximate surface area is 154 Å². The quantitative estimate of drug-likeness (QED) is 0.645. The second-order valence-corrected chi connectivity index (χ2v) is 9.31. The molecule has 2 rings (SSSR count). The number of hydrogen-bond donors (Lipinski definition) is 0. The van der Waals surface area contributed by atoms with Gasteiger partial charge in [0.15, 0.2) is 0 Å². The van der Waals surface area contributed by atoms with E-state index in [1.807, 2.05) is 0 Å². The van der Waals surface area contributed by atoms with Crippen LogP contribution < -0.4 is 0 Å². The third-order valence-electron chi connectivity index (χ3n) is 5.80. The van der Waals surface area contributed by atoms with Crippen molar-refractivity contribution in [3.8, 4) is 0 Å². The number of nitrogens with zero attached hydrogens (tertiary/aromatic N) is 3. The van der Waals surface area contributed by atoms with Crippen LogP contribution in [0, 0.1) is 0 Å². The Morgan fingerprint density at radius 1 is 1.16 bits per heavy atom. The lowest BCUT2D eigenvalue weighted by Gasteiger charge is -2.48. The molecule has 2 fully saturated rings. The predicted octanol–water partition coefficient (Wildman–Crippen LogP) is 1.62. The molecule has 2 aliphatic rings. The lowest BCUT2D eigenvalue weighted by Crippen LogP contribution is -2.60. The van der Waals surface area contributed by atoms with Crippen molar-refractivity contribution >= 4 is 10.0 Å². The number of rotatable bonds is 8. The first kappa shape index (κ1) is 21.1. The highest BCUT2D eigenvalue weighted by Crippen LogP contribution is 2.30. The van der Waals surface area contributed by atoms with Crippen molar-refractivity contribution in [3.05, 3.63) is 0 Å². The number of sulfonamides is 1. The summed E-state index contributed by atoms with van der Waals surface area (Å²) in [4.78, 5) is 4.99. The number of likely N-dealkylation sites (N-methyl/N-ethyl adjacent to an activating group) is 1. The number of hydrogen-bond acceptors (Lipinski definition) is 5. The molecule has 0 N–H and O–H groups in total. The standard InChI is InChI=1S/C18H37N3O3S/c1-5-9-19(7-3)17(6-2)18-15-16(20-11-13-24-14-12-20)8-10-21(18)25(4,22)23/h16-18H,5-15H2,1-4H3. The normalized spacial score (nSPS) is 28.4. The van der Waals surface area contributed by atoms with E-state index in [1.165, 1.54) is 6.26 Å². The number of piperidine rings is 1. The lowest BCUT2D eigenvalue weighted by molar-refractivity contribution is -0.0102. The molecular formula is C18H37N3O3S. The van der Waals surface area contributed by atoms with Crippen LogP contribution in [0.1, 0.15) is 46.5 Å². The Bertz CT molecular complexity index is 494. The number of ether oxygens (including phenoxy) is 1. The zero-order valence-electron chi connectivity index (χ0n) is 16.5. The molecule has 0 aromatic carbocycles. The van der Waals surface area contributed by atoms with Gasteiger partial charge in [-0.1, -0.05) is 20.8 Å². The fraction of sp³-hybridized carbons (Fsp3) is 1.00. The summed E-state index contributed by atoms with van der Waals surface area (Å²) < 4.78 is 32.2. The largest absolute Gasteiger partial charge is 0.379 e. The third kappa shape index (κ3) is 5.39. The average molecular weight is 376 g/mol. The van der Waals surface area contributed by atoms with Gasteiger partial charge in [0.1, 0.15) is 0 Å². The Kier molecular flexibility index (Phi) is 8.14.